The number of nitrogens with zero attached hydrogens (tertiary/aromatic N) is 1. The average Bonchev–Trinajstić information content (AvgIpc) is 2.50. The van der Waals surface area contributed by atoms with E-state index >= 15 is 0 Å². The van der Waals surface area contributed by atoms with Gasteiger partial charge in [-0.2, -0.15) is 4.31 Å². The van der Waals surface area contributed by atoms with Crippen LogP contribution in [0.3, 0.4) is 0 Å². The van der Waals surface area contributed by atoms with E-state index in [9.17, 15) is 8.42 Å². The third kappa shape index (κ3) is 4.11. The summed E-state index contributed by atoms with van der Waals surface area (Å²) < 4.78 is 37.8. The van der Waals surface area contributed by atoms with Crippen LogP contribution in [0.15, 0.2) is 23.1 Å². The fraction of sp³-hybridized carbons (Fsp3) is 0.571. The smallest absolute Gasteiger partial charge is 0.246 e. The maximum Gasteiger partial charge on any atom is 0.246 e. The van der Waals surface area contributed by atoms with Gasteiger partial charge in [0.15, 0.2) is 0 Å². The molecule has 8 heteroatoms. The zero-order valence-electron chi connectivity index (χ0n) is 12.7. The van der Waals surface area contributed by atoms with Gasteiger partial charge in [-0.25, -0.2) is 8.42 Å². The summed E-state index contributed by atoms with van der Waals surface area (Å²) in [6, 6.07) is 4.64. The number of benzene rings is 1. The van der Waals surface area contributed by atoms with Crippen LogP contribution in [0.5, 0.6) is 5.75 Å². The Morgan fingerprint density at radius 2 is 2.05 bits per heavy atom. The van der Waals surface area contributed by atoms with Crippen molar-refractivity contribution >= 4 is 21.6 Å². The Balaban J connectivity index is 2.33. The third-order valence-corrected chi connectivity index (χ3v) is 5.48. The minimum absolute atomic E-state index is 0.102. The summed E-state index contributed by atoms with van der Waals surface area (Å²) in [5, 5.41) is 3.49. The van der Waals surface area contributed by atoms with Crippen molar-refractivity contribution in [3.63, 3.8) is 0 Å². The molecule has 0 aliphatic carbocycles. The van der Waals surface area contributed by atoms with Crippen molar-refractivity contribution in [3.8, 4) is 5.75 Å². The average molecular weight is 349 g/mol. The second kappa shape index (κ2) is 7.61. The van der Waals surface area contributed by atoms with Crippen molar-refractivity contribution in [2.75, 3.05) is 39.9 Å². The van der Waals surface area contributed by atoms with E-state index in [4.69, 9.17) is 21.1 Å². The van der Waals surface area contributed by atoms with Crippen LogP contribution in [-0.2, 0) is 14.8 Å². The molecule has 0 spiro atoms. The van der Waals surface area contributed by atoms with Crippen LogP contribution in [0.1, 0.15) is 6.92 Å². The van der Waals surface area contributed by atoms with Crippen molar-refractivity contribution in [1.29, 1.82) is 0 Å². The van der Waals surface area contributed by atoms with Gasteiger partial charge < -0.3 is 14.8 Å². The molecule has 1 atom stereocenters. The molecule has 1 N–H and O–H groups in total. The number of piperazine rings is 1. The molecule has 0 aromatic heterocycles. The molecule has 22 heavy (non-hydrogen) atoms. The molecule has 0 radical (unpaired) electrons. The topological polar surface area (TPSA) is 67.9 Å². The van der Waals surface area contributed by atoms with Gasteiger partial charge in [-0.15, -0.1) is 0 Å². The number of rotatable bonds is 6. The second-order valence-corrected chi connectivity index (χ2v) is 7.47. The zero-order valence-corrected chi connectivity index (χ0v) is 14.3. The van der Waals surface area contributed by atoms with Crippen LogP contribution < -0.4 is 10.1 Å². The van der Waals surface area contributed by atoms with E-state index in [0.717, 1.165) is 0 Å². The number of sulfonamides is 1. The Morgan fingerprint density at radius 3 is 2.68 bits per heavy atom. The number of hydrogen-bond donors (Lipinski definition) is 1. The van der Waals surface area contributed by atoms with Crippen LogP contribution in [0, 0.1) is 0 Å². The molecule has 1 heterocycles. The van der Waals surface area contributed by atoms with E-state index in [1.165, 1.54) is 10.4 Å². The minimum Gasteiger partial charge on any atom is -0.487 e. The SMILES string of the molecule is COCC(C)Oc1ccc(Cl)cc1S(=O)(=O)N1CCNCC1. The third-order valence-electron chi connectivity index (χ3n) is 3.33. The summed E-state index contributed by atoms with van der Waals surface area (Å²) in [6.45, 7) is 4.32. The molecule has 1 saturated heterocycles. The van der Waals surface area contributed by atoms with Gasteiger partial charge >= 0.3 is 0 Å². The highest BCUT2D eigenvalue weighted by atomic mass is 35.5. The summed E-state index contributed by atoms with van der Waals surface area (Å²) in [5.74, 6) is 0.299. The summed E-state index contributed by atoms with van der Waals surface area (Å²) in [6.07, 6.45) is -0.261. The van der Waals surface area contributed by atoms with E-state index in [1.807, 2.05) is 6.92 Å². The van der Waals surface area contributed by atoms with Crippen LogP contribution in [0.4, 0.5) is 0 Å². The first-order valence-corrected chi connectivity index (χ1v) is 8.93. The molecule has 124 valence electrons. The number of hydrogen-bond acceptors (Lipinski definition) is 5. The van der Waals surface area contributed by atoms with Gasteiger partial charge in [0, 0.05) is 38.3 Å². The lowest BCUT2D eigenvalue weighted by atomic mass is 10.3. The number of halogens is 1. The van der Waals surface area contributed by atoms with Crippen LogP contribution in [-0.4, -0.2) is 58.7 Å². The summed E-state index contributed by atoms with van der Waals surface area (Å²) >= 11 is 5.98. The molecule has 0 saturated carbocycles. The maximum absolute atomic E-state index is 12.8. The van der Waals surface area contributed by atoms with Crippen LogP contribution in [0.25, 0.3) is 0 Å². The van der Waals surface area contributed by atoms with Crippen molar-refractivity contribution in [3.05, 3.63) is 23.2 Å². The van der Waals surface area contributed by atoms with Crippen molar-refractivity contribution in [2.24, 2.45) is 0 Å². The maximum atomic E-state index is 12.8. The van der Waals surface area contributed by atoms with Gasteiger partial charge in [-0.05, 0) is 25.1 Å². The van der Waals surface area contributed by atoms with E-state index in [0.29, 0.717) is 43.6 Å². The Labute approximate surface area is 136 Å². The molecule has 1 aliphatic heterocycles. The molecular weight excluding hydrogens is 328 g/mol. The molecule has 6 nitrogen and oxygen atoms in total. The number of nitrogens with one attached hydrogen (secondary N) is 1. The van der Waals surface area contributed by atoms with Gasteiger partial charge in [0.2, 0.25) is 10.0 Å². The van der Waals surface area contributed by atoms with Gasteiger partial charge in [0.05, 0.1) is 6.61 Å². The second-order valence-electron chi connectivity index (χ2n) is 5.13. The molecular formula is C14H21ClN2O4S. The van der Waals surface area contributed by atoms with Crippen molar-refractivity contribution < 1.29 is 17.9 Å². The molecule has 1 unspecified atom stereocenters. The molecule has 1 fully saturated rings. The molecule has 1 aromatic carbocycles. The van der Waals surface area contributed by atoms with Crippen LogP contribution in [0.2, 0.25) is 5.02 Å². The summed E-state index contributed by atoms with van der Waals surface area (Å²) in [4.78, 5) is 0.102. The number of methoxy groups -OCH3 is 1. The van der Waals surface area contributed by atoms with E-state index in [2.05, 4.69) is 5.32 Å². The molecule has 1 aromatic rings. The number of ether oxygens (including phenoxy) is 2. The standard InChI is InChI=1S/C14H21ClN2O4S/c1-11(10-20-2)21-13-4-3-12(15)9-14(13)22(18,19)17-7-5-16-6-8-17/h3-4,9,11,16H,5-8,10H2,1-2H3. The lowest BCUT2D eigenvalue weighted by molar-refractivity contribution is 0.0900. The van der Waals surface area contributed by atoms with Gasteiger partial charge in [0.1, 0.15) is 16.7 Å². The first kappa shape index (κ1) is 17.5. The van der Waals surface area contributed by atoms with Crippen molar-refractivity contribution in [2.45, 2.75) is 17.9 Å². The Morgan fingerprint density at radius 1 is 1.36 bits per heavy atom. The summed E-state index contributed by atoms with van der Waals surface area (Å²) in [7, 11) is -2.06. The summed E-state index contributed by atoms with van der Waals surface area (Å²) in [5.41, 5.74) is 0. The monoisotopic (exact) mass is 348 g/mol. The quantitative estimate of drug-likeness (QED) is 0.840. The highest BCUT2D eigenvalue weighted by Gasteiger charge is 2.29. The first-order chi connectivity index (χ1) is 10.4. The largest absolute Gasteiger partial charge is 0.487 e. The lowest BCUT2D eigenvalue weighted by Gasteiger charge is -2.27. The zero-order chi connectivity index (χ0) is 16.2. The lowest BCUT2D eigenvalue weighted by Crippen LogP contribution is -2.46. The normalized spacial score (nSPS) is 18.1. The molecule has 1 aliphatic rings. The van der Waals surface area contributed by atoms with Gasteiger partial charge in [-0.3, -0.25) is 0 Å². The van der Waals surface area contributed by atoms with E-state index < -0.39 is 10.0 Å². The van der Waals surface area contributed by atoms with Gasteiger partial charge in [0.25, 0.3) is 0 Å². The Bertz CT molecular complexity index is 603. The highest BCUT2D eigenvalue weighted by Crippen LogP contribution is 2.30. The molecule has 2 rings (SSSR count). The molecule has 0 bridgehead atoms. The highest BCUT2D eigenvalue weighted by molar-refractivity contribution is 7.89. The Kier molecular flexibility index (Phi) is 6.05. The fourth-order valence-corrected chi connectivity index (χ4v) is 4.11. The van der Waals surface area contributed by atoms with E-state index in [-0.39, 0.29) is 11.0 Å². The first-order valence-electron chi connectivity index (χ1n) is 7.11. The Hall–Kier alpha value is -0.860. The predicted octanol–water partition coefficient (Wildman–Crippen LogP) is 1.35. The van der Waals surface area contributed by atoms with E-state index in [1.54, 1.807) is 19.2 Å². The van der Waals surface area contributed by atoms with Gasteiger partial charge in [-0.1, -0.05) is 11.6 Å². The molecule has 0 amide bonds. The predicted molar refractivity (Wildman–Crippen MR) is 85.0 cm³/mol. The fourth-order valence-electron chi connectivity index (χ4n) is 2.29. The van der Waals surface area contributed by atoms with Crippen molar-refractivity contribution in [1.82, 2.24) is 9.62 Å². The minimum atomic E-state index is -3.63. The van der Waals surface area contributed by atoms with Crippen LogP contribution >= 0.6 is 11.6 Å².